The number of carbonyl (C=O) groups is 2. The lowest BCUT2D eigenvalue weighted by Gasteiger charge is -2.10. The predicted molar refractivity (Wildman–Crippen MR) is 118 cm³/mol. The molecular formula is C23H25N3O2S. The quantitative estimate of drug-likeness (QED) is 0.572. The molecule has 2 amide bonds. The number of benzene rings is 2. The summed E-state index contributed by atoms with van der Waals surface area (Å²) in [6.45, 7) is 4.20. The molecule has 1 aromatic heterocycles. The van der Waals surface area contributed by atoms with Gasteiger partial charge in [-0.15, -0.1) is 11.3 Å². The van der Waals surface area contributed by atoms with Crippen LogP contribution in [0.25, 0.3) is 11.3 Å². The van der Waals surface area contributed by atoms with Crippen LogP contribution in [0.15, 0.2) is 60.0 Å². The molecule has 2 N–H and O–H groups in total. The van der Waals surface area contributed by atoms with Gasteiger partial charge in [-0.1, -0.05) is 61.5 Å². The molecular weight excluding hydrogens is 382 g/mol. The number of nitrogens with zero attached hydrogens (tertiary/aromatic N) is 1. The van der Waals surface area contributed by atoms with E-state index in [1.54, 1.807) is 0 Å². The highest BCUT2D eigenvalue weighted by atomic mass is 32.1. The number of thiazole rings is 1. The highest BCUT2D eigenvalue weighted by Gasteiger charge is 2.13. The predicted octanol–water partition coefficient (Wildman–Crippen LogP) is 4.62. The Balaban J connectivity index is 1.54. The van der Waals surface area contributed by atoms with Gasteiger partial charge in [0.25, 0.3) is 0 Å². The fourth-order valence-corrected chi connectivity index (χ4v) is 3.77. The average Bonchev–Trinajstić information content (AvgIpc) is 3.17. The first-order chi connectivity index (χ1) is 14.0. The van der Waals surface area contributed by atoms with Crippen molar-refractivity contribution in [3.8, 4) is 11.3 Å². The van der Waals surface area contributed by atoms with Crippen molar-refractivity contribution in [1.82, 2.24) is 10.3 Å². The van der Waals surface area contributed by atoms with E-state index in [9.17, 15) is 9.59 Å². The van der Waals surface area contributed by atoms with E-state index < -0.39 is 0 Å². The topological polar surface area (TPSA) is 71.1 Å². The zero-order valence-electron chi connectivity index (χ0n) is 16.6. The van der Waals surface area contributed by atoms with Crippen LogP contribution in [-0.2, 0) is 16.0 Å². The second-order valence-electron chi connectivity index (χ2n) is 7.03. The summed E-state index contributed by atoms with van der Waals surface area (Å²) in [5, 5.41) is 8.26. The third-order valence-electron chi connectivity index (χ3n) is 4.65. The third kappa shape index (κ3) is 6.26. The summed E-state index contributed by atoms with van der Waals surface area (Å²) in [5.41, 5.74) is 4.15. The number of anilines is 1. The lowest BCUT2D eigenvalue weighted by atomic mass is 9.98. The Hall–Kier alpha value is -2.99. The van der Waals surface area contributed by atoms with Crippen LogP contribution < -0.4 is 10.6 Å². The Morgan fingerprint density at radius 3 is 2.48 bits per heavy atom. The van der Waals surface area contributed by atoms with Crippen LogP contribution in [0.4, 0.5) is 5.13 Å². The largest absolute Gasteiger partial charge is 0.356 e. The number of amides is 2. The van der Waals surface area contributed by atoms with E-state index in [2.05, 4.69) is 22.5 Å². The molecule has 0 saturated carbocycles. The molecule has 1 heterocycles. The first kappa shape index (κ1) is 20.7. The normalized spacial score (nSPS) is 11.7. The SMILES string of the molecule is CC(=O)NCCc1ccc(-c2csc(NC(=O)C[C@H](C)c3ccccc3)n2)cc1. The zero-order chi connectivity index (χ0) is 20.6. The van der Waals surface area contributed by atoms with Crippen molar-refractivity contribution in [2.75, 3.05) is 11.9 Å². The Kier molecular flexibility index (Phi) is 7.14. The van der Waals surface area contributed by atoms with Crippen LogP contribution in [0.2, 0.25) is 0 Å². The molecule has 0 saturated heterocycles. The van der Waals surface area contributed by atoms with Crippen molar-refractivity contribution < 1.29 is 9.59 Å². The van der Waals surface area contributed by atoms with Crippen LogP contribution in [-0.4, -0.2) is 23.3 Å². The summed E-state index contributed by atoms with van der Waals surface area (Å²) in [6, 6.07) is 18.1. The summed E-state index contributed by atoms with van der Waals surface area (Å²) >= 11 is 1.43. The number of nitrogens with one attached hydrogen (secondary N) is 2. The lowest BCUT2D eigenvalue weighted by molar-refractivity contribution is -0.119. The van der Waals surface area contributed by atoms with Gasteiger partial charge in [-0.05, 0) is 23.5 Å². The van der Waals surface area contributed by atoms with Gasteiger partial charge in [-0.25, -0.2) is 4.98 Å². The molecule has 3 rings (SSSR count). The fraction of sp³-hybridized carbons (Fsp3) is 0.261. The summed E-state index contributed by atoms with van der Waals surface area (Å²) in [6.07, 6.45) is 1.21. The standard InChI is InChI=1S/C23H25N3O2S/c1-16(19-6-4-3-5-7-19)14-22(28)26-23-25-21(15-29-23)20-10-8-18(9-11-20)12-13-24-17(2)27/h3-11,15-16H,12-14H2,1-2H3,(H,24,27)(H,25,26,28)/t16-/m0/s1. The van der Waals surface area contributed by atoms with Crippen LogP contribution in [0.5, 0.6) is 0 Å². The summed E-state index contributed by atoms with van der Waals surface area (Å²) in [7, 11) is 0. The molecule has 0 aliphatic rings. The number of rotatable bonds is 8. The number of hydrogen-bond donors (Lipinski definition) is 2. The summed E-state index contributed by atoms with van der Waals surface area (Å²) in [5.74, 6) is 0.105. The van der Waals surface area contributed by atoms with Crippen molar-refractivity contribution in [3.63, 3.8) is 0 Å². The number of hydrogen-bond acceptors (Lipinski definition) is 4. The second-order valence-corrected chi connectivity index (χ2v) is 7.89. The molecule has 0 spiro atoms. The van der Waals surface area contributed by atoms with E-state index in [-0.39, 0.29) is 17.7 Å². The van der Waals surface area contributed by atoms with Crippen molar-refractivity contribution >= 4 is 28.3 Å². The van der Waals surface area contributed by atoms with Crippen LogP contribution in [0.1, 0.15) is 37.3 Å². The fourth-order valence-electron chi connectivity index (χ4n) is 3.04. The monoisotopic (exact) mass is 407 g/mol. The Morgan fingerprint density at radius 1 is 1.07 bits per heavy atom. The van der Waals surface area contributed by atoms with Crippen LogP contribution in [0.3, 0.4) is 0 Å². The molecule has 0 unspecified atom stereocenters. The van der Waals surface area contributed by atoms with Crippen LogP contribution >= 0.6 is 11.3 Å². The van der Waals surface area contributed by atoms with Gasteiger partial charge in [-0.3, -0.25) is 9.59 Å². The van der Waals surface area contributed by atoms with E-state index >= 15 is 0 Å². The molecule has 5 nitrogen and oxygen atoms in total. The third-order valence-corrected chi connectivity index (χ3v) is 5.41. The highest BCUT2D eigenvalue weighted by molar-refractivity contribution is 7.14. The van der Waals surface area contributed by atoms with E-state index in [0.717, 1.165) is 28.8 Å². The van der Waals surface area contributed by atoms with E-state index in [1.165, 1.54) is 18.3 Å². The van der Waals surface area contributed by atoms with Gasteiger partial charge in [0.15, 0.2) is 5.13 Å². The minimum absolute atomic E-state index is 0.0168. The molecule has 6 heteroatoms. The number of aromatic nitrogens is 1. The van der Waals surface area contributed by atoms with E-state index in [0.29, 0.717) is 18.1 Å². The van der Waals surface area contributed by atoms with Gasteiger partial charge in [0.2, 0.25) is 11.8 Å². The molecule has 0 aliphatic heterocycles. The van der Waals surface area contributed by atoms with Gasteiger partial charge in [0.05, 0.1) is 5.69 Å². The molecule has 3 aromatic rings. The summed E-state index contributed by atoms with van der Waals surface area (Å²) < 4.78 is 0. The number of carbonyl (C=O) groups excluding carboxylic acids is 2. The molecule has 0 bridgehead atoms. The second kappa shape index (κ2) is 9.98. The van der Waals surface area contributed by atoms with Crippen molar-refractivity contribution in [3.05, 3.63) is 71.1 Å². The van der Waals surface area contributed by atoms with Gasteiger partial charge < -0.3 is 10.6 Å². The maximum atomic E-state index is 12.4. The maximum absolute atomic E-state index is 12.4. The molecule has 0 aliphatic carbocycles. The highest BCUT2D eigenvalue weighted by Crippen LogP contribution is 2.26. The summed E-state index contributed by atoms with van der Waals surface area (Å²) in [4.78, 5) is 27.8. The maximum Gasteiger partial charge on any atom is 0.226 e. The molecule has 0 fully saturated rings. The Labute approximate surface area is 175 Å². The first-order valence-corrected chi connectivity index (χ1v) is 10.5. The van der Waals surface area contributed by atoms with Crippen LogP contribution in [0, 0.1) is 0 Å². The first-order valence-electron chi connectivity index (χ1n) is 9.65. The van der Waals surface area contributed by atoms with E-state index in [1.807, 2.05) is 60.0 Å². The Bertz CT molecular complexity index is 952. The smallest absolute Gasteiger partial charge is 0.226 e. The Morgan fingerprint density at radius 2 is 1.79 bits per heavy atom. The minimum Gasteiger partial charge on any atom is -0.356 e. The van der Waals surface area contributed by atoms with Crippen molar-refractivity contribution in [2.45, 2.75) is 32.6 Å². The lowest BCUT2D eigenvalue weighted by Crippen LogP contribution is -2.22. The van der Waals surface area contributed by atoms with Gasteiger partial charge >= 0.3 is 0 Å². The molecule has 2 aromatic carbocycles. The molecule has 29 heavy (non-hydrogen) atoms. The van der Waals surface area contributed by atoms with Crippen molar-refractivity contribution in [2.24, 2.45) is 0 Å². The molecule has 0 radical (unpaired) electrons. The van der Waals surface area contributed by atoms with Gasteiger partial charge in [0.1, 0.15) is 0 Å². The van der Waals surface area contributed by atoms with Gasteiger partial charge in [-0.2, -0.15) is 0 Å². The van der Waals surface area contributed by atoms with Gasteiger partial charge in [0, 0.05) is 30.8 Å². The molecule has 1 atom stereocenters. The molecule has 150 valence electrons. The average molecular weight is 408 g/mol. The zero-order valence-corrected chi connectivity index (χ0v) is 17.5. The van der Waals surface area contributed by atoms with Crippen molar-refractivity contribution in [1.29, 1.82) is 0 Å². The minimum atomic E-state index is -0.0319. The van der Waals surface area contributed by atoms with E-state index in [4.69, 9.17) is 0 Å².